The van der Waals surface area contributed by atoms with E-state index in [1.807, 2.05) is 0 Å². The van der Waals surface area contributed by atoms with Crippen LogP contribution in [0, 0.1) is 0 Å². The molecule has 0 saturated heterocycles. The predicted molar refractivity (Wildman–Crippen MR) is 146 cm³/mol. The van der Waals surface area contributed by atoms with Crippen LogP contribution in [0.3, 0.4) is 0 Å². The summed E-state index contributed by atoms with van der Waals surface area (Å²) in [4.78, 5) is 83.3. The highest BCUT2D eigenvalue weighted by Gasteiger charge is 2.32. The fourth-order valence-electron chi connectivity index (χ4n) is 4.18. The highest BCUT2D eigenvalue weighted by atomic mass is 16.4. The average molecular weight is 585 g/mol. The Labute approximate surface area is 238 Å². The summed E-state index contributed by atoms with van der Waals surface area (Å²) in [7, 11) is 0. The second-order valence-electron chi connectivity index (χ2n) is 9.58. The van der Waals surface area contributed by atoms with E-state index in [2.05, 4.69) is 30.9 Å². The number of nitrogens with zero attached hydrogens (tertiary/aromatic N) is 1. The van der Waals surface area contributed by atoms with Crippen molar-refractivity contribution in [3.63, 3.8) is 0 Å². The number of fused-ring (bicyclic) bond motifs is 1. The third-order valence-electron chi connectivity index (χ3n) is 6.38. The van der Waals surface area contributed by atoms with E-state index in [1.165, 1.54) is 12.5 Å². The summed E-state index contributed by atoms with van der Waals surface area (Å²) >= 11 is 0. The molecule has 0 fully saturated rings. The number of carbonyl (C=O) groups excluding carboxylic acids is 4. The van der Waals surface area contributed by atoms with Crippen LogP contribution in [0.5, 0.6) is 0 Å². The molecule has 0 aliphatic heterocycles. The lowest BCUT2D eigenvalue weighted by Gasteiger charge is -2.24. The third-order valence-corrected chi connectivity index (χ3v) is 6.38. The molecule has 0 aliphatic rings. The fourth-order valence-corrected chi connectivity index (χ4v) is 4.18. The molecule has 4 amide bonds. The molecule has 16 heteroatoms. The Kier molecular flexibility index (Phi) is 10.7. The second-order valence-corrected chi connectivity index (χ2v) is 9.58. The molecule has 0 spiro atoms. The monoisotopic (exact) mass is 584 g/mol. The summed E-state index contributed by atoms with van der Waals surface area (Å²) in [5, 5.41) is 26.9. The van der Waals surface area contributed by atoms with Gasteiger partial charge in [-0.15, -0.1) is 0 Å². The number of hydrogen-bond acceptors (Lipinski definition) is 8. The van der Waals surface area contributed by atoms with Gasteiger partial charge in [-0.2, -0.15) is 0 Å². The molecular formula is C26H32N8O8. The summed E-state index contributed by atoms with van der Waals surface area (Å²) < 4.78 is 0. The number of carbonyl (C=O) groups is 6. The standard InChI is InChI=1S/C26H32N8O8/c27-16(5-6-21(28)35)23(38)32-19(9-22(36)37)25(40)33-18(7-13-10-30-17-4-2-1-3-15(13)17)24(39)34-20(26(41)42)8-14-11-29-12-31-14/h1-4,10-12,16,18-20,30H,5-9,27H2,(H2,28,35)(H,29,31)(H,32,38)(H,33,40)(H,34,39)(H,36,37)(H,41,42). The number of nitrogens with one attached hydrogen (secondary N) is 5. The van der Waals surface area contributed by atoms with E-state index >= 15 is 0 Å². The van der Waals surface area contributed by atoms with Gasteiger partial charge in [0.1, 0.15) is 18.1 Å². The van der Waals surface area contributed by atoms with Gasteiger partial charge < -0.3 is 47.6 Å². The minimum Gasteiger partial charge on any atom is -0.481 e. The normalized spacial score (nSPS) is 13.8. The van der Waals surface area contributed by atoms with Gasteiger partial charge in [-0.25, -0.2) is 9.78 Å². The van der Waals surface area contributed by atoms with Crippen molar-refractivity contribution in [3.05, 3.63) is 54.2 Å². The zero-order chi connectivity index (χ0) is 30.8. The Bertz CT molecular complexity index is 1440. The first-order chi connectivity index (χ1) is 19.9. The Morgan fingerprint density at radius 3 is 2.19 bits per heavy atom. The van der Waals surface area contributed by atoms with Crippen LogP contribution in [0.25, 0.3) is 10.9 Å². The number of aromatic nitrogens is 3. The van der Waals surface area contributed by atoms with Gasteiger partial charge in [0, 0.05) is 48.3 Å². The number of rotatable bonds is 16. The van der Waals surface area contributed by atoms with Gasteiger partial charge in [-0.3, -0.25) is 24.0 Å². The summed E-state index contributed by atoms with van der Waals surface area (Å²) in [5.74, 6) is -6.25. The first-order valence-corrected chi connectivity index (χ1v) is 12.9. The number of aromatic amines is 2. The molecule has 4 atom stereocenters. The van der Waals surface area contributed by atoms with Crippen LogP contribution in [-0.4, -0.2) is 84.9 Å². The summed E-state index contributed by atoms with van der Waals surface area (Å²) in [6, 6.07) is 1.50. The second kappa shape index (κ2) is 14.4. The topological polar surface area (TPSA) is 275 Å². The van der Waals surface area contributed by atoms with Crippen molar-refractivity contribution in [1.82, 2.24) is 30.9 Å². The van der Waals surface area contributed by atoms with Gasteiger partial charge in [-0.05, 0) is 18.1 Å². The van der Waals surface area contributed by atoms with Crippen LogP contribution in [-0.2, 0) is 41.6 Å². The quantitative estimate of drug-likeness (QED) is 0.0918. The molecule has 2 heterocycles. The number of H-pyrrole nitrogens is 2. The molecular weight excluding hydrogens is 552 g/mol. The Balaban J connectivity index is 1.84. The lowest BCUT2D eigenvalue weighted by atomic mass is 10.0. The Morgan fingerprint density at radius 1 is 0.881 bits per heavy atom. The van der Waals surface area contributed by atoms with Gasteiger partial charge in [0.2, 0.25) is 23.6 Å². The van der Waals surface area contributed by atoms with Gasteiger partial charge in [0.05, 0.1) is 18.8 Å². The average Bonchev–Trinajstić information content (AvgIpc) is 3.60. The van der Waals surface area contributed by atoms with Crippen LogP contribution in [0.4, 0.5) is 0 Å². The number of carboxylic acid groups (broad SMARTS) is 2. The van der Waals surface area contributed by atoms with Crippen molar-refractivity contribution >= 4 is 46.5 Å². The molecule has 1 aromatic carbocycles. The lowest BCUT2D eigenvalue weighted by molar-refractivity contribution is -0.143. The molecule has 224 valence electrons. The molecule has 0 saturated carbocycles. The Hall–Kier alpha value is -5.25. The van der Waals surface area contributed by atoms with E-state index in [1.54, 1.807) is 30.5 Å². The number of amides is 4. The smallest absolute Gasteiger partial charge is 0.326 e. The minimum absolute atomic E-state index is 0.107. The summed E-state index contributed by atoms with van der Waals surface area (Å²) in [6.45, 7) is 0. The summed E-state index contributed by atoms with van der Waals surface area (Å²) in [6.07, 6.45) is 2.96. The van der Waals surface area contributed by atoms with Gasteiger partial charge in [-0.1, -0.05) is 18.2 Å². The van der Waals surface area contributed by atoms with E-state index < -0.39 is 66.2 Å². The van der Waals surface area contributed by atoms with Crippen molar-refractivity contribution < 1.29 is 39.0 Å². The molecule has 3 rings (SSSR count). The maximum Gasteiger partial charge on any atom is 0.326 e. The van der Waals surface area contributed by atoms with E-state index in [9.17, 15) is 39.0 Å². The molecule has 3 aromatic rings. The highest BCUT2D eigenvalue weighted by molar-refractivity contribution is 5.96. The molecule has 42 heavy (non-hydrogen) atoms. The zero-order valence-corrected chi connectivity index (χ0v) is 22.3. The number of para-hydroxylation sites is 1. The van der Waals surface area contributed by atoms with E-state index in [-0.39, 0.29) is 25.7 Å². The van der Waals surface area contributed by atoms with E-state index in [0.717, 1.165) is 10.9 Å². The number of nitrogens with two attached hydrogens (primary N) is 2. The largest absolute Gasteiger partial charge is 0.481 e. The van der Waals surface area contributed by atoms with Crippen molar-refractivity contribution in [2.45, 2.75) is 56.3 Å². The number of imidazole rings is 1. The van der Waals surface area contributed by atoms with Crippen molar-refractivity contribution in [1.29, 1.82) is 0 Å². The van der Waals surface area contributed by atoms with Gasteiger partial charge in [0.15, 0.2) is 0 Å². The fraction of sp³-hybridized carbons (Fsp3) is 0.346. The maximum atomic E-state index is 13.4. The third kappa shape index (κ3) is 8.88. The maximum absolute atomic E-state index is 13.4. The predicted octanol–water partition coefficient (Wildman–Crippen LogP) is -1.72. The van der Waals surface area contributed by atoms with Gasteiger partial charge >= 0.3 is 11.9 Å². The first kappa shape index (κ1) is 31.3. The van der Waals surface area contributed by atoms with Crippen molar-refractivity contribution in [2.24, 2.45) is 11.5 Å². The SMILES string of the molecule is NC(=O)CCC(N)C(=O)NC(CC(=O)O)C(=O)NC(Cc1c[nH]c2ccccc12)C(=O)NC(Cc1cnc[nH]1)C(=O)O. The highest BCUT2D eigenvalue weighted by Crippen LogP contribution is 2.19. The molecule has 11 N–H and O–H groups in total. The molecule has 2 aromatic heterocycles. The number of carboxylic acids is 2. The van der Waals surface area contributed by atoms with Crippen LogP contribution in [0.1, 0.15) is 30.5 Å². The van der Waals surface area contributed by atoms with E-state index in [4.69, 9.17) is 11.5 Å². The lowest BCUT2D eigenvalue weighted by Crippen LogP contribution is -2.58. The molecule has 4 unspecified atom stereocenters. The number of hydrogen-bond donors (Lipinski definition) is 9. The van der Waals surface area contributed by atoms with Crippen molar-refractivity contribution in [3.8, 4) is 0 Å². The van der Waals surface area contributed by atoms with Crippen LogP contribution in [0.15, 0.2) is 43.0 Å². The molecule has 0 radical (unpaired) electrons. The van der Waals surface area contributed by atoms with E-state index in [0.29, 0.717) is 11.3 Å². The van der Waals surface area contributed by atoms with Crippen LogP contribution < -0.4 is 27.4 Å². The van der Waals surface area contributed by atoms with Crippen LogP contribution in [0.2, 0.25) is 0 Å². The van der Waals surface area contributed by atoms with Gasteiger partial charge in [0.25, 0.3) is 0 Å². The zero-order valence-electron chi connectivity index (χ0n) is 22.3. The Morgan fingerprint density at radius 2 is 1.55 bits per heavy atom. The molecule has 0 aliphatic carbocycles. The first-order valence-electron chi connectivity index (χ1n) is 12.9. The summed E-state index contributed by atoms with van der Waals surface area (Å²) in [5.41, 5.74) is 12.6. The minimum atomic E-state index is -1.65. The van der Waals surface area contributed by atoms with Crippen molar-refractivity contribution in [2.75, 3.05) is 0 Å². The molecule has 0 bridgehead atoms. The number of primary amides is 1. The van der Waals surface area contributed by atoms with Crippen LogP contribution >= 0.6 is 0 Å². The number of benzene rings is 1. The molecule has 16 nitrogen and oxygen atoms in total. The number of aliphatic carboxylic acids is 2.